The van der Waals surface area contributed by atoms with E-state index in [0.29, 0.717) is 47.0 Å². The molecule has 0 aliphatic carbocycles. The number of halogens is 3. The molecule has 3 aromatic rings. The molecule has 0 bridgehead atoms. The average Bonchev–Trinajstić information content (AvgIpc) is 3.28. The molecule has 1 aromatic heterocycles. The molecule has 6 nitrogen and oxygen atoms in total. The fourth-order valence-corrected chi connectivity index (χ4v) is 3.39. The van der Waals surface area contributed by atoms with Gasteiger partial charge in [0.15, 0.2) is 34.6 Å². The van der Waals surface area contributed by atoms with E-state index in [1.807, 2.05) is 6.92 Å². The van der Waals surface area contributed by atoms with Crippen LogP contribution in [0.15, 0.2) is 35.3 Å². The Hall–Kier alpha value is -3.49. The zero-order valence-corrected chi connectivity index (χ0v) is 16.4. The largest absolute Gasteiger partial charge is 0.474 e. The van der Waals surface area contributed by atoms with E-state index in [2.05, 4.69) is 15.2 Å². The standard InChI is InChI=1S/C21H17F3N4O2/c1-4-28-18(11-5-6-14-12(7-11)10-25-19(14)29)26-27-20(28)21(2,3)30-17-15(23)8-13(22)9-16(17)24/h5-10H,4H2,1-3H3. The second kappa shape index (κ2) is 7.08. The predicted octanol–water partition coefficient (Wildman–Crippen LogP) is 4.27. The zero-order valence-electron chi connectivity index (χ0n) is 16.4. The smallest absolute Gasteiger partial charge is 0.277 e. The van der Waals surface area contributed by atoms with E-state index in [1.165, 1.54) is 6.21 Å². The maximum absolute atomic E-state index is 14.1. The molecule has 0 saturated heterocycles. The molecule has 0 spiro atoms. The second-order valence-electron chi connectivity index (χ2n) is 7.27. The Morgan fingerprint density at radius 3 is 2.43 bits per heavy atom. The number of rotatable bonds is 5. The summed E-state index contributed by atoms with van der Waals surface area (Å²) >= 11 is 0. The third-order valence-electron chi connectivity index (χ3n) is 4.79. The molecule has 2 aromatic carbocycles. The lowest BCUT2D eigenvalue weighted by molar-refractivity contribution is 0.0824. The summed E-state index contributed by atoms with van der Waals surface area (Å²) < 4.78 is 48.7. The monoisotopic (exact) mass is 414 g/mol. The lowest BCUT2D eigenvalue weighted by atomic mass is 10.0. The van der Waals surface area contributed by atoms with Gasteiger partial charge in [-0.25, -0.2) is 18.2 Å². The highest BCUT2D eigenvalue weighted by Gasteiger charge is 2.33. The van der Waals surface area contributed by atoms with Crippen molar-refractivity contribution in [2.75, 3.05) is 0 Å². The van der Waals surface area contributed by atoms with Crippen LogP contribution >= 0.6 is 0 Å². The van der Waals surface area contributed by atoms with Crippen molar-refractivity contribution in [3.8, 4) is 17.1 Å². The number of carbonyl (C=O) groups is 1. The van der Waals surface area contributed by atoms with Crippen molar-refractivity contribution in [3.63, 3.8) is 0 Å². The highest BCUT2D eigenvalue weighted by Crippen LogP contribution is 2.33. The SMILES string of the molecule is CCn1c(-c2ccc3c(c2)C=NC3=O)nnc1C(C)(C)Oc1c(F)cc(F)cc1F. The minimum atomic E-state index is -1.28. The van der Waals surface area contributed by atoms with Crippen LogP contribution < -0.4 is 4.74 Å². The van der Waals surface area contributed by atoms with Gasteiger partial charge in [0.25, 0.3) is 5.91 Å². The van der Waals surface area contributed by atoms with Crippen molar-refractivity contribution in [3.05, 3.63) is 64.7 Å². The number of nitrogens with zero attached hydrogens (tertiary/aromatic N) is 4. The molecule has 2 heterocycles. The van der Waals surface area contributed by atoms with Crippen LogP contribution in [0.3, 0.4) is 0 Å². The van der Waals surface area contributed by atoms with Crippen molar-refractivity contribution in [2.24, 2.45) is 4.99 Å². The normalized spacial score (nSPS) is 13.1. The molecule has 30 heavy (non-hydrogen) atoms. The summed E-state index contributed by atoms with van der Waals surface area (Å²) in [6.07, 6.45) is 1.49. The summed E-state index contributed by atoms with van der Waals surface area (Å²) in [6, 6.07) is 6.28. The van der Waals surface area contributed by atoms with Crippen molar-refractivity contribution >= 4 is 12.1 Å². The first kappa shape index (κ1) is 19.8. The Morgan fingerprint density at radius 1 is 1.07 bits per heavy atom. The molecule has 0 unspecified atom stereocenters. The van der Waals surface area contributed by atoms with Crippen LogP contribution in [0.4, 0.5) is 13.2 Å². The summed E-state index contributed by atoms with van der Waals surface area (Å²) in [4.78, 5) is 15.5. The quantitative estimate of drug-likeness (QED) is 0.625. The lowest BCUT2D eigenvalue weighted by Gasteiger charge is -2.26. The predicted molar refractivity (Wildman–Crippen MR) is 103 cm³/mol. The molecule has 0 saturated carbocycles. The van der Waals surface area contributed by atoms with E-state index < -0.39 is 28.8 Å². The highest BCUT2D eigenvalue weighted by molar-refractivity contribution is 6.13. The van der Waals surface area contributed by atoms with Gasteiger partial charge >= 0.3 is 0 Å². The highest BCUT2D eigenvalue weighted by atomic mass is 19.1. The first-order valence-corrected chi connectivity index (χ1v) is 9.21. The van der Waals surface area contributed by atoms with Crippen LogP contribution in [0.25, 0.3) is 11.4 Å². The van der Waals surface area contributed by atoms with Crippen LogP contribution in [0.2, 0.25) is 0 Å². The topological polar surface area (TPSA) is 69.4 Å². The molecule has 0 N–H and O–H groups in total. The molecule has 1 aliphatic heterocycles. The van der Waals surface area contributed by atoms with Gasteiger partial charge in [-0.3, -0.25) is 4.79 Å². The van der Waals surface area contributed by atoms with E-state index >= 15 is 0 Å². The van der Waals surface area contributed by atoms with Crippen molar-refractivity contribution in [1.29, 1.82) is 0 Å². The Bertz CT molecular complexity index is 1180. The number of benzene rings is 2. The van der Waals surface area contributed by atoms with Gasteiger partial charge < -0.3 is 9.30 Å². The van der Waals surface area contributed by atoms with Crippen LogP contribution in [-0.4, -0.2) is 26.9 Å². The third-order valence-corrected chi connectivity index (χ3v) is 4.79. The fraction of sp³-hybridized carbons (Fsp3) is 0.238. The molecular weight excluding hydrogens is 397 g/mol. The molecule has 1 aliphatic rings. The van der Waals surface area contributed by atoms with Gasteiger partial charge in [0.05, 0.1) is 5.56 Å². The number of amides is 1. The minimum absolute atomic E-state index is 0.299. The van der Waals surface area contributed by atoms with Crippen molar-refractivity contribution in [1.82, 2.24) is 14.8 Å². The number of carbonyl (C=O) groups excluding carboxylic acids is 1. The number of aliphatic imine (C=N–C) groups is 1. The van der Waals surface area contributed by atoms with Gasteiger partial charge in [0.1, 0.15) is 5.82 Å². The van der Waals surface area contributed by atoms with E-state index in [9.17, 15) is 18.0 Å². The Kier molecular flexibility index (Phi) is 4.68. The summed E-state index contributed by atoms with van der Waals surface area (Å²) in [5.74, 6) is -3.49. The minimum Gasteiger partial charge on any atom is -0.474 e. The Morgan fingerprint density at radius 2 is 1.77 bits per heavy atom. The summed E-state index contributed by atoms with van der Waals surface area (Å²) in [5.41, 5.74) is 0.600. The first-order valence-electron chi connectivity index (χ1n) is 9.21. The number of ether oxygens (including phenoxy) is 1. The van der Waals surface area contributed by atoms with Crippen molar-refractivity contribution < 1.29 is 22.7 Å². The fourth-order valence-electron chi connectivity index (χ4n) is 3.39. The lowest BCUT2D eigenvalue weighted by Crippen LogP contribution is -2.30. The van der Waals surface area contributed by atoms with Gasteiger partial charge in [0, 0.05) is 36.0 Å². The molecule has 4 rings (SSSR count). The number of hydrogen-bond donors (Lipinski definition) is 0. The maximum atomic E-state index is 14.1. The molecular formula is C21H17F3N4O2. The second-order valence-corrected chi connectivity index (χ2v) is 7.27. The van der Waals surface area contributed by atoms with E-state index in [0.717, 1.165) is 0 Å². The zero-order chi connectivity index (χ0) is 21.6. The Labute approximate surface area is 170 Å². The van der Waals surface area contributed by atoms with E-state index in [4.69, 9.17) is 4.74 Å². The first-order chi connectivity index (χ1) is 14.2. The van der Waals surface area contributed by atoms with E-state index in [1.54, 1.807) is 36.6 Å². The molecule has 0 atom stereocenters. The van der Waals surface area contributed by atoms with Gasteiger partial charge in [-0.1, -0.05) is 6.07 Å². The molecule has 0 radical (unpaired) electrons. The van der Waals surface area contributed by atoms with Crippen LogP contribution in [0.5, 0.6) is 5.75 Å². The van der Waals surface area contributed by atoms with Crippen LogP contribution in [-0.2, 0) is 12.1 Å². The van der Waals surface area contributed by atoms with Gasteiger partial charge in [-0.15, -0.1) is 10.2 Å². The molecule has 0 fully saturated rings. The van der Waals surface area contributed by atoms with Gasteiger partial charge in [-0.2, -0.15) is 0 Å². The van der Waals surface area contributed by atoms with Crippen LogP contribution in [0, 0.1) is 17.5 Å². The summed E-state index contributed by atoms with van der Waals surface area (Å²) in [5, 5.41) is 8.41. The van der Waals surface area contributed by atoms with E-state index in [-0.39, 0.29) is 5.91 Å². The van der Waals surface area contributed by atoms with Gasteiger partial charge in [0.2, 0.25) is 0 Å². The molecule has 9 heteroatoms. The molecule has 154 valence electrons. The third kappa shape index (κ3) is 3.26. The average molecular weight is 414 g/mol. The van der Waals surface area contributed by atoms with Crippen LogP contribution in [0.1, 0.15) is 42.5 Å². The summed E-state index contributed by atoms with van der Waals surface area (Å²) in [7, 11) is 0. The maximum Gasteiger partial charge on any atom is 0.277 e. The summed E-state index contributed by atoms with van der Waals surface area (Å²) in [6.45, 7) is 5.49. The van der Waals surface area contributed by atoms with Crippen molar-refractivity contribution in [2.45, 2.75) is 32.9 Å². The number of hydrogen-bond acceptors (Lipinski definition) is 4. The Balaban J connectivity index is 1.73. The van der Waals surface area contributed by atoms with Gasteiger partial charge in [-0.05, 0) is 32.9 Å². The number of fused-ring (bicyclic) bond motifs is 1. The number of aromatic nitrogens is 3. The molecule has 1 amide bonds.